The van der Waals surface area contributed by atoms with Gasteiger partial charge in [-0.3, -0.25) is 4.57 Å². The summed E-state index contributed by atoms with van der Waals surface area (Å²) in [4.78, 5) is 11.6. The van der Waals surface area contributed by atoms with Gasteiger partial charge in [0.2, 0.25) is 0 Å². The maximum absolute atomic E-state index is 14.9. The fourth-order valence-corrected chi connectivity index (χ4v) is 3.73. The highest BCUT2D eigenvalue weighted by molar-refractivity contribution is 6.31. The van der Waals surface area contributed by atoms with Crippen molar-refractivity contribution >= 4 is 11.6 Å². The summed E-state index contributed by atoms with van der Waals surface area (Å²) in [7, 11) is 1.59. The van der Waals surface area contributed by atoms with Gasteiger partial charge in [0.15, 0.2) is 5.82 Å². The predicted octanol–water partition coefficient (Wildman–Crippen LogP) is 4.26. The molecule has 0 atom stereocenters. The SMILES string of the molecule is Cc1cc(OCc2n[nH]c(=O)n2C)c(-c2cc(OCC3CCOCC3)ccc2F)cc1Cl. The zero-order chi connectivity index (χ0) is 22.7. The molecule has 170 valence electrons. The van der Waals surface area contributed by atoms with E-state index in [0.717, 1.165) is 31.6 Å². The number of hydrogen-bond donors (Lipinski definition) is 1. The van der Waals surface area contributed by atoms with E-state index in [1.54, 1.807) is 31.3 Å². The molecule has 32 heavy (non-hydrogen) atoms. The first-order valence-electron chi connectivity index (χ1n) is 10.5. The molecular formula is C23H25ClFN3O4. The van der Waals surface area contributed by atoms with Crippen LogP contribution in [-0.4, -0.2) is 34.6 Å². The molecule has 1 fully saturated rings. The molecule has 1 aromatic heterocycles. The molecule has 9 heteroatoms. The molecule has 2 aromatic carbocycles. The first-order valence-corrected chi connectivity index (χ1v) is 10.8. The lowest BCUT2D eigenvalue weighted by Crippen LogP contribution is -2.21. The van der Waals surface area contributed by atoms with Crippen LogP contribution >= 0.6 is 11.6 Å². The normalized spacial score (nSPS) is 14.5. The van der Waals surface area contributed by atoms with Crippen LogP contribution in [0.3, 0.4) is 0 Å². The second-order valence-corrected chi connectivity index (χ2v) is 8.31. The number of aromatic nitrogens is 3. The number of nitrogens with one attached hydrogen (secondary N) is 1. The topological polar surface area (TPSA) is 78.4 Å². The number of aryl methyl sites for hydroxylation is 1. The Morgan fingerprint density at radius 2 is 2.00 bits per heavy atom. The predicted molar refractivity (Wildman–Crippen MR) is 119 cm³/mol. The highest BCUT2D eigenvalue weighted by Crippen LogP contribution is 2.38. The van der Waals surface area contributed by atoms with Crippen molar-refractivity contribution in [2.75, 3.05) is 19.8 Å². The lowest BCUT2D eigenvalue weighted by atomic mass is 10.0. The van der Waals surface area contributed by atoms with E-state index in [4.69, 9.17) is 25.8 Å². The minimum absolute atomic E-state index is 0.0326. The van der Waals surface area contributed by atoms with Crippen LogP contribution in [0.2, 0.25) is 5.02 Å². The van der Waals surface area contributed by atoms with Gasteiger partial charge in [0, 0.05) is 36.4 Å². The van der Waals surface area contributed by atoms with E-state index in [0.29, 0.717) is 46.0 Å². The van der Waals surface area contributed by atoms with Crippen molar-refractivity contribution < 1.29 is 18.6 Å². The molecule has 0 aliphatic carbocycles. The highest BCUT2D eigenvalue weighted by atomic mass is 35.5. The summed E-state index contributed by atoms with van der Waals surface area (Å²) in [6, 6.07) is 8.08. The number of nitrogens with zero attached hydrogens (tertiary/aromatic N) is 2. The Morgan fingerprint density at radius 1 is 1.22 bits per heavy atom. The average molecular weight is 462 g/mol. The Bertz CT molecular complexity index is 1150. The molecule has 0 bridgehead atoms. The maximum atomic E-state index is 14.9. The van der Waals surface area contributed by atoms with Crippen molar-refractivity contribution in [1.29, 1.82) is 0 Å². The highest BCUT2D eigenvalue weighted by Gasteiger charge is 2.18. The second kappa shape index (κ2) is 9.75. The molecule has 1 aliphatic rings. The third kappa shape index (κ3) is 4.97. The van der Waals surface area contributed by atoms with Gasteiger partial charge in [-0.25, -0.2) is 14.3 Å². The van der Waals surface area contributed by atoms with Crippen LogP contribution in [0, 0.1) is 18.7 Å². The quantitative estimate of drug-likeness (QED) is 0.568. The Kier molecular flexibility index (Phi) is 6.81. The van der Waals surface area contributed by atoms with Gasteiger partial charge in [0.1, 0.15) is 23.9 Å². The van der Waals surface area contributed by atoms with Gasteiger partial charge < -0.3 is 14.2 Å². The zero-order valence-corrected chi connectivity index (χ0v) is 18.7. The van der Waals surface area contributed by atoms with Crippen LogP contribution in [0.1, 0.15) is 24.2 Å². The van der Waals surface area contributed by atoms with Gasteiger partial charge in [-0.2, -0.15) is 5.10 Å². The second-order valence-electron chi connectivity index (χ2n) is 7.90. The summed E-state index contributed by atoms with van der Waals surface area (Å²) < 4.78 is 33.5. The fourth-order valence-electron chi connectivity index (χ4n) is 3.56. The van der Waals surface area contributed by atoms with Crippen LogP contribution in [0.25, 0.3) is 11.1 Å². The molecule has 3 aromatic rings. The van der Waals surface area contributed by atoms with Crippen molar-refractivity contribution in [2.45, 2.75) is 26.4 Å². The molecule has 2 heterocycles. The third-order valence-corrected chi connectivity index (χ3v) is 6.05. The van der Waals surface area contributed by atoms with Crippen LogP contribution in [0.15, 0.2) is 35.1 Å². The molecule has 0 spiro atoms. The smallest absolute Gasteiger partial charge is 0.343 e. The van der Waals surface area contributed by atoms with Crippen molar-refractivity contribution in [3.8, 4) is 22.6 Å². The van der Waals surface area contributed by atoms with Gasteiger partial charge in [-0.05, 0) is 61.6 Å². The average Bonchev–Trinajstić information content (AvgIpc) is 3.12. The van der Waals surface area contributed by atoms with Crippen LogP contribution < -0.4 is 15.2 Å². The van der Waals surface area contributed by atoms with E-state index < -0.39 is 5.82 Å². The molecule has 1 aliphatic heterocycles. The van der Waals surface area contributed by atoms with Crippen LogP contribution in [-0.2, 0) is 18.4 Å². The monoisotopic (exact) mass is 461 g/mol. The number of hydrogen-bond acceptors (Lipinski definition) is 5. The van der Waals surface area contributed by atoms with Gasteiger partial charge in [0.25, 0.3) is 0 Å². The Hall–Kier alpha value is -2.84. The largest absolute Gasteiger partial charge is 0.493 e. The molecule has 0 saturated carbocycles. The molecule has 0 unspecified atom stereocenters. The van der Waals surface area contributed by atoms with Crippen molar-refractivity contribution in [3.63, 3.8) is 0 Å². The summed E-state index contributed by atoms with van der Waals surface area (Å²) in [6.45, 7) is 3.91. The summed E-state index contributed by atoms with van der Waals surface area (Å²) in [5, 5.41) is 6.81. The van der Waals surface area contributed by atoms with Crippen molar-refractivity contribution in [3.05, 3.63) is 63.0 Å². The van der Waals surface area contributed by atoms with E-state index in [2.05, 4.69) is 10.2 Å². The molecule has 1 saturated heterocycles. The fraction of sp³-hybridized carbons (Fsp3) is 0.391. The summed E-state index contributed by atoms with van der Waals surface area (Å²) in [5.74, 6) is 1.43. The first kappa shape index (κ1) is 22.4. The van der Waals surface area contributed by atoms with E-state index in [1.807, 2.05) is 6.92 Å². The lowest BCUT2D eigenvalue weighted by Gasteiger charge is -2.22. The molecule has 4 rings (SSSR count). The van der Waals surface area contributed by atoms with Gasteiger partial charge in [-0.15, -0.1) is 0 Å². The van der Waals surface area contributed by atoms with Gasteiger partial charge in [0.05, 0.1) is 6.61 Å². The molecule has 7 nitrogen and oxygen atoms in total. The Labute approximate surface area is 190 Å². The summed E-state index contributed by atoms with van der Waals surface area (Å²) >= 11 is 6.35. The van der Waals surface area contributed by atoms with Crippen LogP contribution in [0.4, 0.5) is 4.39 Å². The third-order valence-electron chi connectivity index (χ3n) is 5.64. The minimum Gasteiger partial charge on any atom is -0.493 e. The number of H-pyrrole nitrogens is 1. The van der Waals surface area contributed by atoms with Gasteiger partial charge in [-0.1, -0.05) is 11.6 Å². The number of ether oxygens (including phenoxy) is 3. The zero-order valence-electron chi connectivity index (χ0n) is 18.0. The lowest BCUT2D eigenvalue weighted by molar-refractivity contribution is 0.0497. The minimum atomic E-state index is -0.416. The number of aromatic amines is 1. The Morgan fingerprint density at radius 3 is 2.72 bits per heavy atom. The van der Waals surface area contributed by atoms with E-state index in [1.165, 1.54) is 10.6 Å². The molecule has 0 amide bonds. The number of halogens is 2. The maximum Gasteiger partial charge on any atom is 0.343 e. The van der Waals surface area contributed by atoms with E-state index in [-0.39, 0.29) is 12.3 Å². The standard InChI is InChI=1S/C23H25ClFN3O4/c1-14-9-21(32-13-22-26-27-23(29)28(22)2)18(11-19(14)24)17-10-16(3-4-20(17)25)31-12-15-5-7-30-8-6-15/h3-4,9-11,15H,5-8,12-13H2,1-2H3,(H,27,29). The van der Waals surface area contributed by atoms with Crippen molar-refractivity contribution in [1.82, 2.24) is 14.8 Å². The van der Waals surface area contributed by atoms with Crippen molar-refractivity contribution in [2.24, 2.45) is 13.0 Å². The van der Waals surface area contributed by atoms with Crippen LogP contribution in [0.5, 0.6) is 11.5 Å². The molecule has 0 radical (unpaired) electrons. The van der Waals surface area contributed by atoms with Gasteiger partial charge >= 0.3 is 5.69 Å². The van der Waals surface area contributed by atoms with E-state index >= 15 is 0 Å². The molecular weight excluding hydrogens is 437 g/mol. The molecule has 1 N–H and O–H groups in total. The first-order chi connectivity index (χ1) is 15.4. The summed E-state index contributed by atoms with van der Waals surface area (Å²) in [5.41, 5.74) is 1.27. The van der Waals surface area contributed by atoms with E-state index in [9.17, 15) is 9.18 Å². The Balaban J connectivity index is 1.60. The number of rotatable bonds is 7. The summed E-state index contributed by atoms with van der Waals surface area (Å²) in [6.07, 6.45) is 1.91. The number of benzene rings is 2.